The highest BCUT2D eigenvalue weighted by Gasteiger charge is 2.23. The van der Waals surface area contributed by atoms with Crippen LogP contribution in [-0.4, -0.2) is 4.57 Å². The normalized spacial score (nSPS) is 11.3. The molecule has 0 aliphatic heterocycles. The van der Waals surface area contributed by atoms with Crippen molar-refractivity contribution in [2.45, 2.75) is 0 Å². The van der Waals surface area contributed by atoms with E-state index in [4.69, 9.17) is 0 Å². The van der Waals surface area contributed by atoms with Gasteiger partial charge >= 0.3 is 0 Å². The zero-order chi connectivity index (χ0) is 47.8. The summed E-state index contributed by atoms with van der Waals surface area (Å²) in [6.07, 6.45) is 0. The number of fused-ring (bicyclic) bond motifs is 4. The van der Waals surface area contributed by atoms with Crippen LogP contribution in [0.5, 0.6) is 0 Å². The van der Waals surface area contributed by atoms with Crippen molar-refractivity contribution in [1.82, 2.24) is 4.57 Å². The summed E-state index contributed by atoms with van der Waals surface area (Å²) >= 11 is 0. The number of para-hydroxylation sites is 4. The van der Waals surface area contributed by atoms with Crippen LogP contribution < -0.4 is 4.90 Å². The van der Waals surface area contributed by atoms with Crippen LogP contribution in [-0.2, 0) is 0 Å². The van der Waals surface area contributed by atoms with Crippen molar-refractivity contribution in [3.8, 4) is 72.4 Å². The Labute approximate surface area is 420 Å². The Morgan fingerprint density at radius 2 is 0.708 bits per heavy atom. The van der Waals surface area contributed by atoms with Gasteiger partial charge in [-0.1, -0.05) is 224 Å². The minimum absolute atomic E-state index is 1.08. The summed E-state index contributed by atoms with van der Waals surface area (Å²) in [6, 6.07) is 106. The summed E-state index contributed by atoms with van der Waals surface area (Å²) in [7, 11) is 0. The van der Waals surface area contributed by atoms with Crippen LogP contribution in [0.4, 0.5) is 17.1 Å². The molecule has 0 spiro atoms. The van der Waals surface area contributed by atoms with Crippen molar-refractivity contribution < 1.29 is 0 Å². The third-order valence-corrected chi connectivity index (χ3v) is 14.2. The first kappa shape index (κ1) is 42.6. The monoisotopic (exact) mass is 916 g/mol. The first-order valence-electron chi connectivity index (χ1n) is 24.7. The van der Waals surface area contributed by atoms with Crippen LogP contribution in [0.1, 0.15) is 0 Å². The lowest BCUT2D eigenvalue weighted by Gasteiger charge is -2.30. The average molecular weight is 917 g/mol. The van der Waals surface area contributed by atoms with E-state index in [1.165, 1.54) is 71.6 Å². The Kier molecular flexibility index (Phi) is 10.9. The van der Waals surface area contributed by atoms with Gasteiger partial charge in [0.25, 0.3) is 0 Å². The molecule has 0 saturated carbocycles. The fourth-order valence-electron chi connectivity index (χ4n) is 10.8. The summed E-state index contributed by atoms with van der Waals surface area (Å²) in [5, 5.41) is 4.90. The molecule has 0 saturated heterocycles. The van der Waals surface area contributed by atoms with Gasteiger partial charge in [0.2, 0.25) is 0 Å². The van der Waals surface area contributed by atoms with E-state index in [2.05, 4.69) is 301 Å². The van der Waals surface area contributed by atoms with Gasteiger partial charge in [-0.15, -0.1) is 0 Å². The molecule has 2 nitrogen and oxygen atoms in total. The quantitative estimate of drug-likeness (QED) is 0.133. The van der Waals surface area contributed by atoms with Gasteiger partial charge in [0, 0.05) is 33.3 Å². The topological polar surface area (TPSA) is 8.17 Å². The summed E-state index contributed by atoms with van der Waals surface area (Å²) in [4.78, 5) is 2.44. The van der Waals surface area contributed by atoms with Gasteiger partial charge in [0.1, 0.15) is 0 Å². The SMILES string of the molecule is c1ccc(-c2cc(-c3ccc4ccccc4c3)cc(-n3c4ccccc4c4cc(-c5ccccc5-c5ccccc5N(c5ccccc5)c5ccccc5-c5ccccc5-c5ccccc5)ccc43)c2)cc1. The number of nitrogens with zero attached hydrogens (tertiary/aromatic N) is 2. The molecule has 0 amide bonds. The van der Waals surface area contributed by atoms with Gasteiger partial charge in [-0.3, -0.25) is 0 Å². The van der Waals surface area contributed by atoms with Gasteiger partial charge in [-0.2, -0.15) is 0 Å². The van der Waals surface area contributed by atoms with E-state index in [1.807, 2.05) is 0 Å². The van der Waals surface area contributed by atoms with Crippen molar-refractivity contribution >= 4 is 49.6 Å². The molecule has 0 atom stereocenters. The highest BCUT2D eigenvalue weighted by molar-refractivity contribution is 6.11. The Morgan fingerprint density at radius 1 is 0.236 bits per heavy atom. The molecule has 2 heteroatoms. The maximum atomic E-state index is 2.46. The number of benzene rings is 12. The Bertz CT molecular complexity index is 4090. The zero-order valence-corrected chi connectivity index (χ0v) is 39.6. The minimum atomic E-state index is 1.08. The molecule has 0 unspecified atom stereocenters. The molecule has 0 aliphatic rings. The minimum Gasteiger partial charge on any atom is -0.309 e. The molecule has 0 radical (unpaired) electrons. The van der Waals surface area contributed by atoms with Crippen LogP contribution in [0, 0.1) is 0 Å². The molecule has 0 bridgehead atoms. The molecule has 13 rings (SSSR count). The molecule has 0 N–H and O–H groups in total. The highest BCUT2D eigenvalue weighted by atomic mass is 15.1. The standard InChI is InChI=1S/C70H48N2/c1-4-22-49(23-5-1)55-45-56(53-41-40-50-24-10-11-27-52(50)44-53)47-58(46-55)72-69-39-21-18-36-65(69)66-48-54(42-43-70(66)72)60-31-13-15-33-62(60)64-35-17-20-38-68(64)71(57-28-8-3-9-29-57)67-37-19-16-34-63(67)61-32-14-12-30-59(61)51-25-6-2-7-26-51/h1-48H. The lowest BCUT2D eigenvalue weighted by molar-refractivity contribution is 1.18. The predicted octanol–water partition coefficient (Wildman–Crippen LogP) is 19.4. The van der Waals surface area contributed by atoms with E-state index in [-0.39, 0.29) is 0 Å². The number of anilines is 3. The van der Waals surface area contributed by atoms with Crippen molar-refractivity contribution in [1.29, 1.82) is 0 Å². The van der Waals surface area contributed by atoms with E-state index >= 15 is 0 Å². The van der Waals surface area contributed by atoms with Crippen molar-refractivity contribution in [2.24, 2.45) is 0 Å². The molecule has 1 heterocycles. The van der Waals surface area contributed by atoms with Gasteiger partial charge < -0.3 is 9.47 Å². The van der Waals surface area contributed by atoms with Gasteiger partial charge in [0.15, 0.2) is 0 Å². The molecular formula is C70H48N2. The number of hydrogen-bond acceptors (Lipinski definition) is 1. The van der Waals surface area contributed by atoms with Gasteiger partial charge in [0.05, 0.1) is 22.4 Å². The number of aromatic nitrogens is 1. The van der Waals surface area contributed by atoms with E-state index in [9.17, 15) is 0 Å². The van der Waals surface area contributed by atoms with Crippen LogP contribution in [0.3, 0.4) is 0 Å². The Morgan fingerprint density at radius 3 is 1.38 bits per heavy atom. The molecular weight excluding hydrogens is 869 g/mol. The summed E-state index contributed by atoms with van der Waals surface area (Å²) in [6.45, 7) is 0. The second-order valence-electron chi connectivity index (χ2n) is 18.4. The molecule has 0 fully saturated rings. The van der Waals surface area contributed by atoms with Crippen LogP contribution in [0.15, 0.2) is 291 Å². The van der Waals surface area contributed by atoms with Gasteiger partial charge in [-0.05, 0) is 133 Å². The second-order valence-corrected chi connectivity index (χ2v) is 18.4. The summed E-state index contributed by atoms with van der Waals surface area (Å²) in [5.74, 6) is 0. The number of hydrogen-bond donors (Lipinski definition) is 0. The first-order valence-corrected chi connectivity index (χ1v) is 24.7. The molecule has 338 valence electrons. The van der Waals surface area contributed by atoms with E-state index in [0.29, 0.717) is 0 Å². The highest BCUT2D eigenvalue weighted by Crippen LogP contribution is 2.48. The maximum absolute atomic E-state index is 2.46. The fraction of sp³-hybridized carbons (Fsp3) is 0. The molecule has 72 heavy (non-hydrogen) atoms. The van der Waals surface area contributed by atoms with E-state index < -0.39 is 0 Å². The van der Waals surface area contributed by atoms with Crippen LogP contribution in [0.25, 0.3) is 105 Å². The first-order chi connectivity index (χ1) is 35.7. The van der Waals surface area contributed by atoms with Crippen molar-refractivity contribution in [2.75, 3.05) is 4.90 Å². The van der Waals surface area contributed by atoms with E-state index in [1.54, 1.807) is 0 Å². The lowest BCUT2D eigenvalue weighted by atomic mass is 9.91. The summed E-state index contributed by atoms with van der Waals surface area (Å²) in [5.41, 5.74) is 20.8. The smallest absolute Gasteiger partial charge is 0.0541 e. The second kappa shape index (κ2) is 18.4. The van der Waals surface area contributed by atoms with Crippen LogP contribution >= 0.6 is 0 Å². The average Bonchev–Trinajstić information content (AvgIpc) is 3.80. The third-order valence-electron chi connectivity index (χ3n) is 14.2. The zero-order valence-electron chi connectivity index (χ0n) is 39.6. The molecule has 12 aromatic carbocycles. The summed E-state index contributed by atoms with van der Waals surface area (Å²) < 4.78 is 2.46. The van der Waals surface area contributed by atoms with E-state index in [0.717, 1.165) is 50.5 Å². The number of rotatable bonds is 10. The predicted molar refractivity (Wildman–Crippen MR) is 306 cm³/mol. The largest absolute Gasteiger partial charge is 0.309 e. The molecule has 0 aliphatic carbocycles. The lowest BCUT2D eigenvalue weighted by Crippen LogP contribution is -2.12. The molecule has 13 aromatic rings. The molecule has 1 aromatic heterocycles. The fourth-order valence-corrected chi connectivity index (χ4v) is 10.8. The van der Waals surface area contributed by atoms with Gasteiger partial charge in [-0.25, -0.2) is 0 Å². The van der Waals surface area contributed by atoms with Crippen molar-refractivity contribution in [3.05, 3.63) is 291 Å². The third kappa shape index (κ3) is 7.73. The Hall–Kier alpha value is -9.50. The maximum Gasteiger partial charge on any atom is 0.0541 e. The van der Waals surface area contributed by atoms with Crippen molar-refractivity contribution in [3.63, 3.8) is 0 Å². The van der Waals surface area contributed by atoms with Crippen LogP contribution in [0.2, 0.25) is 0 Å². The Balaban J connectivity index is 0.969.